The number of carboxylic acids is 1. The molecule has 0 unspecified atom stereocenters. The van der Waals surface area contributed by atoms with Gasteiger partial charge in [-0.3, -0.25) is 4.79 Å². The Hall–Kier alpha value is -2.01. The minimum atomic E-state index is -1.15. The van der Waals surface area contributed by atoms with Crippen LogP contribution in [0, 0.1) is 0 Å². The highest BCUT2D eigenvalue weighted by Gasteiger charge is 2.15. The van der Waals surface area contributed by atoms with E-state index in [0.717, 1.165) is 0 Å². The topological polar surface area (TPSA) is 75.6 Å². The number of ether oxygens (including phenoxy) is 1. The van der Waals surface area contributed by atoms with Crippen molar-refractivity contribution < 1.29 is 19.4 Å². The second-order valence-electron chi connectivity index (χ2n) is 3.33. The standard InChI is InChI=1S/C12H12ClNO4/c1-3-4-11(15)14-9-6-10(18-2)7(12(16)17)5-8(9)13/h3-6H,1-2H3,(H,14,15)(H,16,17)/b4-3+. The van der Waals surface area contributed by atoms with Gasteiger partial charge in [0.25, 0.3) is 0 Å². The van der Waals surface area contributed by atoms with Gasteiger partial charge in [-0.2, -0.15) is 0 Å². The summed E-state index contributed by atoms with van der Waals surface area (Å²) in [4.78, 5) is 22.3. The molecule has 0 bridgehead atoms. The summed E-state index contributed by atoms with van der Waals surface area (Å²) in [6.45, 7) is 1.70. The van der Waals surface area contributed by atoms with E-state index < -0.39 is 5.97 Å². The summed E-state index contributed by atoms with van der Waals surface area (Å²) in [7, 11) is 1.34. The Morgan fingerprint density at radius 1 is 1.44 bits per heavy atom. The lowest BCUT2D eigenvalue weighted by molar-refractivity contribution is -0.111. The van der Waals surface area contributed by atoms with Crippen molar-refractivity contribution in [2.75, 3.05) is 12.4 Å². The summed E-state index contributed by atoms with van der Waals surface area (Å²) in [6, 6.07) is 2.60. The Kier molecular flexibility index (Phi) is 4.74. The number of hydrogen-bond acceptors (Lipinski definition) is 3. The molecule has 0 aromatic heterocycles. The number of carbonyl (C=O) groups excluding carboxylic acids is 1. The second kappa shape index (κ2) is 6.07. The molecular formula is C12H12ClNO4. The van der Waals surface area contributed by atoms with E-state index in [9.17, 15) is 9.59 Å². The fourth-order valence-corrected chi connectivity index (χ4v) is 1.52. The second-order valence-corrected chi connectivity index (χ2v) is 3.73. The molecule has 0 aliphatic rings. The van der Waals surface area contributed by atoms with Gasteiger partial charge in [-0.1, -0.05) is 17.7 Å². The molecule has 96 valence electrons. The predicted octanol–water partition coefficient (Wildman–Crippen LogP) is 2.56. The number of benzene rings is 1. The Balaban J connectivity index is 3.15. The normalized spacial score (nSPS) is 10.4. The summed E-state index contributed by atoms with van der Waals surface area (Å²) in [5, 5.41) is 11.6. The van der Waals surface area contributed by atoms with Gasteiger partial charge in [-0.05, 0) is 19.1 Å². The zero-order chi connectivity index (χ0) is 13.7. The number of carboxylic acid groups (broad SMARTS) is 1. The Morgan fingerprint density at radius 2 is 2.11 bits per heavy atom. The zero-order valence-electron chi connectivity index (χ0n) is 9.86. The SMILES string of the molecule is C/C=C/C(=O)Nc1cc(OC)c(C(=O)O)cc1Cl. The molecule has 5 nitrogen and oxygen atoms in total. The van der Waals surface area contributed by atoms with Crippen LogP contribution < -0.4 is 10.1 Å². The van der Waals surface area contributed by atoms with Crippen LogP contribution in [-0.2, 0) is 4.79 Å². The molecule has 1 aromatic rings. The molecule has 0 spiro atoms. The number of amides is 1. The van der Waals surface area contributed by atoms with Gasteiger partial charge in [0.15, 0.2) is 0 Å². The molecule has 1 aromatic carbocycles. The maximum atomic E-state index is 11.4. The third-order valence-electron chi connectivity index (χ3n) is 2.10. The van der Waals surface area contributed by atoms with Crippen molar-refractivity contribution in [1.29, 1.82) is 0 Å². The largest absolute Gasteiger partial charge is 0.496 e. The maximum Gasteiger partial charge on any atom is 0.339 e. The fraction of sp³-hybridized carbons (Fsp3) is 0.167. The van der Waals surface area contributed by atoms with Gasteiger partial charge in [-0.15, -0.1) is 0 Å². The smallest absolute Gasteiger partial charge is 0.339 e. The summed E-state index contributed by atoms with van der Waals surface area (Å²) in [6.07, 6.45) is 2.90. The lowest BCUT2D eigenvalue weighted by atomic mass is 10.1. The first-order valence-corrected chi connectivity index (χ1v) is 5.42. The van der Waals surface area contributed by atoms with Gasteiger partial charge in [0.2, 0.25) is 5.91 Å². The lowest BCUT2D eigenvalue weighted by Gasteiger charge is -2.10. The van der Waals surface area contributed by atoms with Crippen LogP contribution in [0.5, 0.6) is 5.75 Å². The van der Waals surface area contributed by atoms with Gasteiger partial charge in [0, 0.05) is 6.07 Å². The average molecular weight is 270 g/mol. The summed E-state index contributed by atoms with van der Waals surface area (Å²) in [5.41, 5.74) is 0.230. The van der Waals surface area contributed by atoms with Gasteiger partial charge in [-0.25, -0.2) is 4.79 Å². The van der Waals surface area contributed by atoms with Crippen molar-refractivity contribution in [3.8, 4) is 5.75 Å². The first kappa shape index (κ1) is 14.1. The van der Waals surface area contributed by atoms with Crippen molar-refractivity contribution in [3.05, 3.63) is 34.9 Å². The van der Waals surface area contributed by atoms with Crippen molar-refractivity contribution >= 4 is 29.2 Å². The highest BCUT2D eigenvalue weighted by Crippen LogP contribution is 2.30. The van der Waals surface area contributed by atoms with Crippen LogP contribution in [0.3, 0.4) is 0 Å². The molecule has 0 saturated heterocycles. The molecule has 0 heterocycles. The molecule has 0 aliphatic heterocycles. The summed E-state index contributed by atoms with van der Waals surface area (Å²) in [5.74, 6) is -1.38. The molecule has 1 rings (SSSR count). The molecule has 18 heavy (non-hydrogen) atoms. The van der Waals surface area contributed by atoms with Crippen LogP contribution in [0.2, 0.25) is 5.02 Å². The molecule has 0 saturated carbocycles. The number of nitrogens with one attached hydrogen (secondary N) is 1. The van der Waals surface area contributed by atoms with Gasteiger partial charge in [0.05, 0.1) is 17.8 Å². The van der Waals surface area contributed by atoms with E-state index in [1.54, 1.807) is 13.0 Å². The minimum Gasteiger partial charge on any atom is -0.496 e. The third kappa shape index (κ3) is 3.24. The van der Waals surface area contributed by atoms with Gasteiger partial charge >= 0.3 is 5.97 Å². The molecule has 0 radical (unpaired) electrons. The number of methoxy groups -OCH3 is 1. The van der Waals surface area contributed by atoms with E-state index >= 15 is 0 Å². The Morgan fingerprint density at radius 3 is 2.61 bits per heavy atom. The fourth-order valence-electron chi connectivity index (χ4n) is 1.31. The number of carbonyl (C=O) groups is 2. The van der Waals surface area contributed by atoms with Crippen LogP contribution in [0.15, 0.2) is 24.3 Å². The number of allylic oxidation sites excluding steroid dienone is 1. The molecule has 1 amide bonds. The molecule has 0 atom stereocenters. The van der Waals surface area contributed by atoms with E-state index in [1.165, 1.54) is 25.3 Å². The van der Waals surface area contributed by atoms with E-state index in [0.29, 0.717) is 5.69 Å². The molecule has 6 heteroatoms. The van der Waals surface area contributed by atoms with Crippen molar-refractivity contribution in [3.63, 3.8) is 0 Å². The summed E-state index contributed by atoms with van der Waals surface area (Å²) < 4.78 is 4.94. The van der Waals surface area contributed by atoms with Gasteiger partial charge < -0.3 is 15.2 Å². The molecule has 2 N–H and O–H groups in total. The monoisotopic (exact) mass is 269 g/mol. The van der Waals surface area contributed by atoms with Crippen LogP contribution in [0.4, 0.5) is 5.69 Å². The summed E-state index contributed by atoms with van der Waals surface area (Å²) >= 11 is 5.89. The number of rotatable bonds is 4. The number of hydrogen-bond donors (Lipinski definition) is 2. The number of anilines is 1. The molecular weight excluding hydrogens is 258 g/mol. The van der Waals surface area contributed by atoms with Crippen LogP contribution in [0.1, 0.15) is 17.3 Å². The quantitative estimate of drug-likeness (QED) is 0.824. The van der Waals surface area contributed by atoms with Crippen molar-refractivity contribution in [2.24, 2.45) is 0 Å². The van der Waals surface area contributed by atoms with E-state index in [-0.39, 0.29) is 22.2 Å². The van der Waals surface area contributed by atoms with Crippen LogP contribution in [0.25, 0.3) is 0 Å². The van der Waals surface area contributed by atoms with E-state index in [4.69, 9.17) is 21.4 Å². The Bertz CT molecular complexity index is 511. The molecule has 0 fully saturated rings. The van der Waals surface area contributed by atoms with Crippen molar-refractivity contribution in [2.45, 2.75) is 6.92 Å². The Labute approximate surface area is 109 Å². The predicted molar refractivity (Wildman–Crippen MR) is 68.4 cm³/mol. The first-order valence-electron chi connectivity index (χ1n) is 5.04. The van der Waals surface area contributed by atoms with Crippen LogP contribution >= 0.6 is 11.6 Å². The maximum absolute atomic E-state index is 11.4. The van der Waals surface area contributed by atoms with E-state index in [2.05, 4.69) is 5.32 Å². The van der Waals surface area contributed by atoms with Crippen LogP contribution in [-0.4, -0.2) is 24.1 Å². The van der Waals surface area contributed by atoms with E-state index in [1.807, 2.05) is 0 Å². The first-order chi connectivity index (χ1) is 8.49. The van der Waals surface area contributed by atoms with Crippen molar-refractivity contribution in [1.82, 2.24) is 0 Å². The van der Waals surface area contributed by atoms with Gasteiger partial charge in [0.1, 0.15) is 11.3 Å². The average Bonchev–Trinajstić information content (AvgIpc) is 2.31. The zero-order valence-corrected chi connectivity index (χ0v) is 10.6. The number of aromatic carboxylic acids is 1. The highest BCUT2D eigenvalue weighted by molar-refractivity contribution is 6.34. The molecule has 0 aliphatic carbocycles. The number of halogens is 1. The third-order valence-corrected chi connectivity index (χ3v) is 2.41. The lowest BCUT2D eigenvalue weighted by Crippen LogP contribution is -2.09. The highest BCUT2D eigenvalue weighted by atomic mass is 35.5. The minimum absolute atomic E-state index is 0.0634.